The zero-order chi connectivity index (χ0) is 22.3. The van der Waals surface area contributed by atoms with E-state index in [1.165, 1.54) is 24.3 Å². The van der Waals surface area contributed by atoms with Crippen molar-refractivity contribution in [3.05, 3.63) is 101 Å². The predicted molar refractivity (Wildman–Crippen MR) is 127 cm³/mol. The van der Waals surface area contributed by atoms with Crippen molar-refractivity contribution in [3.63, 3.8) is 0 Å². The highest BCUT2D eigenvalue weighted by Gasteiger charge is 2.07. The van der Waals surface area contributed by atoms with Crippen molar-refractivity contribution in [2.75, 3.05) is 12.4 Å². The number of carbonyl (C=O) groups is 1. The van der Waals surface area contributed by atoms with Gasteiger partial charge in [-0.25, -0.2) is 14.4 Å². The quantitative estimate of drug-likeness (QED) is 0.0980. The van der Waals surface area contributed by atoms with Crippen LogP contribution in [0, 0.1) is 5.82 Å². The van der Waals surface area contributed by atoms with Crippen LogP contribution in [0.5, 0.6) is 5.75 Å². The van der Waals surface area contributed by atoms with E-state index in [1.807, 2.05) is 24.3 Å². The lowest BCUT2D eigenvalue weighted by atomic mass is 10.1. The van der Waals surface area contributed by atoms with E-state index in [9.17, 15) is 9.18 Å². The van der Waals surface area contributed by atoms with Gasteiger partial charge in [0.1, 0.15) is 22.9 Å². The van der Waals surface area contributed by atoms with Crippen LogP contribution in [0.1, 0.15) is 15.9 Å². The highest BCUT2D eigenvalue weighted by atomic mass is 35.5. The Hall–Kier alpha value is -3.22. The summed E-state index contributed by atoms with van der Waals surface area (Å²) in [6, 6.07) is 19.1. The Kier molecular flexibility index (Phi) is 7.14. The maximum absolute atomic E-state index is 13.8. The first-order chi connectivity index (χ1) is 15.6. The Bertz CT molecular complexity index is 1250. The van der Waals surface area contributed by atoms with Crippen LogP contribution in [0.2, 0.25) is 5.02 Å². The van der Waals surface area contributed by atoms with Crippen molar-refractivity contribution in [3.8, 4) is 5.75 Å². The lowest BCUT2D eigenvalue weighted by molar-refractivity contribution is 0.104. The molecule has 0 N–H and O–H groups in total. The number of benzene rings is 3. The number of thioether (sulfide) groups is 1. The predicted octanol–water partition coefficient (Wildman–Crippen LogP) is 6.49. The molecule has 0 saturated carbocycles. The van der Waals surface area contributed by atoms with Gasteiger partial charge in [-0.2, -0.15) is 0 Å². The molecule has 0 saturated heterocycles. The van der Waals surface area contributed by atoms with E-state index in [-0.39, 0.29) is 16.4 Å². The Morgan fingerprint density at radius 1 is 1.03 bits per heavy atom. The van der Waals surface area contributed by atoms with Gasteiger partial charge in [0, 0.05) is 22.3 Å². The van der Waals surface area contributed by atoms with Crippen LogP contribution in [0.4, 0.5) is 4.39 Å². The van der Waals surface area contributed by atoms with Crippen molar-refractivity contribution >= 4 is 46.1 Å². The summed E-state index contributed by atoms with van der Waals surface area (Å²) >= 11 is 7.58. The van der Waals surface area contributed by atoms with Crippen LogP contribution < -0.4 is 4.74 Å². The molecule has 32 heavy (non-hydrogen) atoms. The molecule has 7 heteroatoms. The molecule has 4 nitrogen and oxygen atoms in total. The first-order valence-electron chi connectivity index (χ1n) is 9.83. The number of aromatic nitrogens is 2. The van der Waals surface area contributed by atoms with Crippen molar-refractivity contribution in [1.29, 1.82) is 0 Å². The van der Waals surface area contributed by atoms with Gasteiger partial charge >= 0.3 is 0 Å². The van der Waals surface area contributed by atoms with E-state index in [4.69, 9.17) is 16.3 Å². The average molecular weight is 465 g/mol. The SMILES string of the molecule is O=C(/C=C/c1c(F)cccc1Cl)c1ccc(OCCSc2ncnc3ccccc23)cc1. The van der Waals surface area contributed by atoms with Gasteiger partial charge in [-0.05, 0) is 54.6 Å². The number of fused-ring (bicyclic) bond motifs is 1. The van der Waals surface area contributed by atoms with Crippen LogP contribution in [-0.2, 0) is 0 Å². The summed E-state index contributed by atoms with van der Waals surface area (Å²) in [6.07, 6.45) is 4.26. The molecule has 0 aliphatic rings. The Morgan fingerprint density at radius 3 is 2.66 bits per heavy atom. The molecule has 0 fully saturated rings. The molecule has 0 unspecified atom stereocenters. The summed E-state index contributed by atoms with van der Waals surface area (Å²) in [6.45, 7) is 0.488. The van der Waals surface area contributed by atoms with E-state index in [0.717, 1.165) is 15.9 Å². The van der Waals surface area contributed by atoms with Gasteiger partial charge in [-0.3, -0.25) is 4.79 Å². The summed E-state index contributed by atoms with van der Waals surface area (Å²) < 4.78 is 19.6. The minimum Gasteiger partial charge on any atom is -0.493 e. The number of ether oxygens (including phenoxy) is 1. The Morgan fingerprint density at radius 2 is 1.84 bits per heavy atom. The molecular weight excluding hydrogens is 447 g/mol. The zero-order valence-corrected chi connectivity index (χ0v) is 18.4. The summed E-state index contributed by atoms with van der Waals surface area (Å²) in [5.41, 5.74) is 1.58. The fourth-order valence-corrected chi connectivity index (χ4v) is 4.07. The van der Waals surface area contributed by atoms with E-state index in [2.05, 4.69) is 9.97 Å². The second-order valence-corrected chi connectivity index (χ2v) is 8.24. The fraction of sp³-hybridized carbons (Fsp3) is 0.0800. The normalized spacial score (nSPS) is 11.2. The van der Waals surface area contributed by atoms with Crippen LogP contribution in [0.3, 0.4) is 0 Å². The number of para-hydroxylation sites is 1. The van der Waals surface area contributed by atoms with Crippen LogP contribution >= 0.6 is 23.4 Å². The van der Waals surface area contributed by atoms with Crippen LogP contribution in [0.25, 0.3) is 17.0 Å². The molecule has 3 aromatic carbocycles. The lowest BCUT2D eigenvalue weighted by Gasteiger charge is -2.07. The monoisotopic (exact) mass is 464 g/mol. The number of ketones is 1. The molecule has 0 bridgehead atoms. The number of nitrogens with zero attached hydrogens (tertiary/aromatic N) is 2. The van der Waals surface area contributed by atoms with Crippen molar-refractivity contribution in [2.45, 2.75) is 5.03 Å². The summed E-state index contributed by atoms with van der Waals surface area (Å²) in [5.74, 6) is 0.657. The second kappa shape index (κ2) is 10.4. The molecule has 1 heterocycles. The molecule has 0 aliphatic carbocycles. The van der Waals surface area contributed by atoms with Crippen LogP contribution in [0.15, 0.2) is 84.2 Å². The lowest BCUT2D eigenvalue weighted by Crippen LogP contribution is -2.01. The van der Waals surface area contributed by atoms with Crippen molar-refractivity contribution in [1.82, 2.24) is 9.97 Å². The van der Waals surface area contributed by atoms with Gasteiger partial charge in [-0.15, -0.1) is 11.8 Å². The van der Waals surface area contributed by atoms with Gasteiger partial charge < -0.3 is 4.74 Å². The largest absolute Gasteiger partial charge is 0.493 e. The van der Waals surface area contributed by atoms with Crippen molar-refractivity contribution < 1.29 is 13.9 Å². The van der Waals surface area contributed by atoms with Gasteiger partial charge in [0.15, 0.2) is 5.78 Å². The third kappa shape index (κ3) is 5.33. The Balaban J connectivity index is 1.31. The minimum atomic E-state index is -0.474. The van der Waals surface area contributed by atoms with Gasteiger partial charge in [0.2, 0.25) is 0 Å². The molecule has 0 aliphatic heterocycles. The standard InChI is InChI=1S/C25H18ClFN2O2S/c26-21-5-3-6-22(27)19(21)12-13-24(30)17-8-10-18(11-9-17)31-14-15-32-25-20-4-1-2-7-23(20)28-16-29-25/h1-13,16H,14-15H2/b13-12+. The smallest absolute Gasteiger partial charge is 0.185 e. The number of rotatable bonds is 8. The topological polar surface area (TPSA) is 52.1 Å². The number of allylic oxidation sites excluding steroid dienone is 1. The average Bonchev–Trinajstić information content (AvgIpc) is 2.82. The third-order valence-corrected chi connectivity index (χ3v) is 5.94. The highest BCUT2D eigenvalue weighted by Crippen LogP contribution is 2.24. The zero-order valence-electron chi connectivity index (χ0n) is 16.9. The van der Waals surface area contributed by atoms with Crippen LogP contribution in [-0.4, -0.2) is 28.1 Å². The van der Waals surface area contributed by atoms with E-state index < -0.39 is 5.82 Å². The highest BCUT2D eigenvalue weighted by molar-refractivity contribution is 7.99. The molecule has 0 amide bonds. The Labute approximate surface area is 194 Å². The molecular formula is C25H18ClFN2O2S. The molecule has 160 valence electrons. The maximum Gasteiger partial charge on any atom is 0.185 e. The van der Waals surface area contributed by atoms with E-state index in [0.29, 0.717) is 23.7 Å². The van der Waals surface area contributed by atoms with Gasteiger partial charge in [0.05, 0.1) is 17.1 Å². The maximum atomic E-state index is 13.8. The van der Waals surface area contributed by atoms with E-state index in [1.54, 1.807) is 48.4 Å². The van der Waals surface area contributed by atoms with Gasteiger partial charge in [-0.1, -0.05) is 35.9 Å². The first kappa shape index (κ1) is 22.0. The van der Waals surface area contributed by atoms with Crippen molar-refractivity contribution in [2.24, 2.45) is 0 Å². The summed E-state index contributed by atoms with van der Waals surface area (Å²) in [7, 11) is 0. The third-order valence-electron chi connectivity index (χ3n) is 4.64. The fourth-order valence-electron chi connectivity index (χ4n) is 3.03. The second-order valence-electron chi connectivity index (χ2n) is 6.75. The first-order valence-corrected chi connectivity index (χ1v) is 11.2. The molecule has 0 spiro atoms. The van der Waals surface area contributed by atoms with E-state index >= 15 is 0 Å². The summed E-state index contributed by atoms with van der Waals surface area (Å²) in [4.78, 5) is 21.0. The number of halogens is 2. The molecule has 4 rings (SSSR count). The number of carbonyl (C=O) groups excluding carboxylic acids is 1. The molecule has 0 radical (unpaired) electrons. The van der Waals surface area contributed by atoms with Gasteiger partial charge in [0.25, 0.3) is 0 Å². The number of hydrogen-bond acceptors (Lipinski definition) is 5. The minimum absolute atomic E-state index is 0.191. The summed E-state index contributed by atoms with van der Waals surface area (Å²) in [5, 5.41) is 2.19. The molecule has 1 aromatic heterocycles. The molecule has 4 aromatic rings. The molecule has 0 atom stereocenters. The number of hydrogen-bond donors (Lipinski definition) is 0.